The lowest BCUT2D eigenvalue weighted by molar-refractivity contribution is 0.537. The van der Waals surface area contributed by atoms with Gasteiger partial charge in [0.2, 0.25) is 0 Å². The zero-order valence-corrected chi connectivity index (χ0v) is 8.38. The summed E-state index contributed by atoms with van der Waals surface area (Å²) in [5.41, 5.74) is 0.471. The van der Waals surface area contributed by atoms with E-state index in [0.717, 1.165) is 0 Å². The van der Waals surface area contributed by atoms with Gasteiger partial charge in [0.1, 0.15) is 5.15 Å². The smallest absolute Gasteiger partial charge is 0.129 e. The third kappa shape index (κ3) is 1.61. The Balaban J connectivity index is 2.81. The van der Waals surface area contributed by atoms with E-state index in [1.165, 1.54) is 12.4 Å². The minimum absolute atomic E-state index is 0.131. The Hall–Kier alpha value is -1.04. The monoisotopic (exact) mass is 227 g/mol. The van der Waals surface area contributed by atoms with Crippen molar-refractivity contribution < 1.29 is 8.76 Å². The summed E-state index contributed by atoms with van der Waals surface area (Å²) in [6, 6.07) is 3.15. The van der Waals surface area contributed by atoms with Gasteiger partial charge in [-0.25, -0.2) is 4.98 Å². The van der Waals surface area contributed by atoms with Crippen LogP contribution < -0.4 is 0 Å². The summed E-state index contributed by atoms with van der Waals surface area (Å²) in [7, 11) is 0. The summed E-state index contributed by atoms with van der Waals surface area (Å²) < 4.78 is 21.6. The number of hydrogen-bond acceptors (Lipinski definition) is 4. The predicted molar refractivity (Wildman–Crippen MR) is 51.7 cm³/mol. The fourth-order valence-electron chi connectivity index (χ4n) is 1.13. The number of aromatic nitrogens is 2. The average molecular weight is 228 g/mol. The molecule has 0 bridgehead atoms. The second kappa shape index (κ2) is 3.61. The molecule has 0 fully saturated rings. The standard InChI is InChI=1S/C8H5ClN2O2S/c9-8-2-1-5-6(11-8)3-10-4-7(5)14(12)13/h1-4H,(H,12,13)/p-1. The number of pyridine rings is 2. The third-order valence-electron chi connectivity index (χ3n) is 1.72. The van der Waals surface area contributed by atoms with Crippen LogP contribution in [0.3, 0.4) is 0 Å². The van der Waals surface area contributed by atoms with E-state index < -0.39 is 11.1 Å². The largest absolute Gasteiger partial charge is 0.768 e. The highest BCUT2D eigenvalue weighted by molar-refractivity contribution is 7.79. The lowest BCUT2D eigenvalue weighted by Crippen LogP contribution is -1.93. The van der Waals surface area contributed by atoms with Gasteiger partial charge in [0, 0.05) is 11.6 Å². The van der Waals surface area contributed by atoms with Crippen molar-refractivity contribution in [2.75, 3.05) is 0 Å². The molecule has 0 radical (unpaired) electrons. The Morgan fingerprint density at radius 1 is 1.36 bits per heavy atom. The number of halogens is 1. The number of hydrogen-bond donors (Lipinski definition) is 0. The Kier molecular flexibility index (Phi) is 2.45. The highest BCUT2D eigenvalue weighted by Crippen LogP contribution is 2.19. The van der Waals surface area contributed by atoms with Crippen LogP contribution in [0.25, 0.3) is 10.9 Å². The van der Waals surface area contributed by atoms with Gasteiger partial charge in [-0.2, -0.15) is 0 Å². The normalized spacial score (nSPS) is 13.0. The van der Waals surface area contributed by atoms with Crippen LogP contribution in [0.2, 0.25) is 5.15 Å². The molecule has 0 aliphatic heterocycles. The first-order chi connectivity index (χ1) is 6.68. The first-order valence-corrected chi connectivity index (χ1v) is 5.13. The van der Waals surface area contributed by atoms with E-state index in [0.29, 0.717) is 16.1 Å². The molecule has 0 amide bonds. The number of rotatable bonds is 1. The van der Waals surface area contributed by atoms with Crippen molar-refractivity contribution in [3.63, 3.8) is 0 Å². The molecule has 0 aromatic carbocycles. The predicted octanol–water partition coefficient (Wildman–Crippen LogP) is 1.52. The Morgan fingerprint density at radius 2 is 2.14 bits per heavy atom. The Labute approximate surface area is 87.2 Å². The molecule has 2 heterocycles. The highest BCUT2D eigenvalue weighted by Gasteiger charge is 2.03. The van der Waals surface area contributed by atoms with Crippen LogP contribution in [0, 0.1) is 0 Å². The molecule has 1 atom stereocenters. The van der Waals surface area contributed by atoms with Crippen LogP contribution in [-0.2, 0) is 11.1 Å². The summed E-state index contributed by atoms with van der Waals surface area (Å²) in [5, 5.41) is 0.839. The van der Waals surface area contributed by atoms with Gasteiger partial charge in [0.15, 0.2) is 0 Å². The van der Waals surface area contributed by atoms with Gasteiger partial charge in [0.25, 0.3) is 0 Å². The maximum Gasteiger partial charge on any atom is 0.129 e. The molecule has 14 heavy (non-hydrogen) atoms. The number of fused-ring (bicyclic) bond motifs is 1. The molecular formula is C8H4ClN2O2S-. The molecule has 0 N–H and O–H groups in total. The molecule has 0 saturated heterocycles. The van der Waals surface area contributed by atoms with E-state index in [2.05, 4.69) is 9.97 Å². The van der Waals surface area contributed by atoms with Crippen LogP contribution >= 0.6 is 11.6 Å². The van der Waals surface area contributed by atoms with Crippen molar-refractivity contribution in [3.8, 4) is 0 Å². The summed E-state index contributed by atoms with van der Waals surface area (Å²) in [4.78, 5) is 7.84. The molecule has 2 aromatic rings. The lowest BCUT2D eigenvalue weighted by Gasteiger charge is -2.07. The van der Waals surface area contributed by atoms with Crippen LogP contribution in [0.1, 0.15) is 0 Å². The van der Waals surface area contributed by atoms with E-state index in [-0.39, 0.29) is 4.90 Å². The fraction of sp³-hybridized carbons (Fsp3) is 0. The van der Waals surface area contributed by atoms with Crippen LogP contribution in [0.15, 0.2) is 29.4 Å². The van der Waals surface area contributed by atoms with Crippen molar-refractivity contribution in [1.29, 1.82) is 0 Å². The van der Waals surface area contributed by atoms with Gasteiger partial charge in [0.05, 0.1) is 16.6 Å². The SMILES string of the molecule is O=S([O-])c1cncc2nc(Cl)ccc12. The second-order valence-electron chi connectivity index (χ2n) is 2.57. The first kappa shape index (κ1) is 9.51. The molecule has 0 aliphatic carbocycles. The summed E-state index contributed by atoms with van der Waals surface area (Å²) >= 11 is 3.35. The molecule has 1 unspecified atom stereocenters. The van der Waals surface area contributed by atoms with Gasteiger partial charge < -0.3 is 4.55 Å². The minimum Gasteiger partial charge on any atom is -0.768 e. The highest BCUT2D eigenvalue weighted by atomic mass is 35.5. The minimum atomic E-state index is -2.31. The molecule has 0 spiro atoms. The van der Waals surface area contributed by atoms with Crippen LogP contribution in [-0.4, -0.2) is 18.7 Å². The van der Waals surface area contributed by atoms with Crippen LogP contribution in [0.4, 0.5) is 0 Å². The maximum atomic E-state index is 10.8. The summed E-state index contributed by atoms with van der Waals surface area (Å²) in [6.07, 6.45) is 2.75. The van der Waals surface area contributed by atoms with E-state index in [1.54, 1.807) is 12.1 Å². The molecule has 2 aromatic heterocycles. The van der Waals surface area contributed by atoms with Gasteiger partial charge in [-0.15, -0.1) is 0 Å². The van der Waals surface area contributed by atoms with Crippen LogP contribution in [0.5, 0.6) is 0 Å². The zero-order valence-electron chi connectivity index (χ0n) is 6.81. The topological polar surface area (TPSA) is 65.9 Å². The van der Waals surface area contributed by atoms with Crippen molar-refractivity contribution in [2.24, 2.45) is 0 Å². The van der Waals surface area contributed by atoms with E-state index in [9.17, 15) is 8.76 Å². The van der Waals surface area contributed by atoms with Crippen molar-refractivity contribution >= 4 is 33.6 Å². The zero-order chi connectivity index (χ0) is 10.1. The maximum absolute atomic E-state index is 10.8. The van der Waals surface area contributed by atoms with E-state index in [1.807, 2.05) is 0 Å². The van der Waals surface area contributed by atoms with Crippen molar-refractivity contribution in [2.45, 2.75) is 4.90 Å². The third-order valence-corrected chi connectivity index (χ3v) is 2.62. The summed E-state index contributed by atoms with van der Waals surface area (Å²) in [5.74, 6) is 0. The van der Waals surface area contributed by atoms with Crippen molar-refractivity contribution in [3.05, 3.63) is 29.7 Å². The molecule has 0 aliphatic rings. The lowest BCUT2D eigenvalue weighted by atomic mass is 10.3. The quantitative estimate of drug-likeness (QED) is 0.547. The van der Waals surface area contributed by atoms with Crippen molar-refractivity contribution in [1.82, 2.24) is 9.97 Å². The molecular weight excluding hydrogens is 224 g/mol. The van der Waals surface area contributed by atoms with Gasteiger partial charge in [-0.05, 0) is 23.2 Å². The molecule has 6 heteroatoms. The fourth-order valence-corrected chi connectivity index (χ4v) is 1.79. The van der Waals surface area contributed by atoms with Gasteiger partial charge >= 0.3 is 0 Å². The van der Waals surface area contributed by atoms with E-state index >= 15 is 0 Å². The number of nitrogens with zero attached hydrogens (tertiary/aromatic N) is 2. The summed E-state index contributed by atoms with van der Waals surface area (Å²) in [6.45, 7) is 0. The molecule has 4 nitrogen and oxygen atoms in total. The Bertz CT molecular complexity index is 518. The van der Waals surface area contributed by atoms with E-state index in [4.69, 9.17) is 11.6 Å². The first-order valence-electron chi connectivity index (χ1n) is 3.68. The Morgan fingerprint density at radius 3 is 2.86 bits per heavy atom. The molecule has 2 rings (SSSR count). The van der Waals surface area contributed by atoms with Gasteiger partial charge in [-0.1, -0.05) is 11.6 Å². The second-order valence-corrected chi connectivity index (χ2v) is 3.87. The van der Waals surface area contributed by atoms with Gasteiger partial charge in [-0.3, -0.25) is 9.19 Å². The average Bonchev–Trinajstić information content (AvgIpc) is 2.16. The molecule has 72 valence electrons. The molecule has 0 saturated carbocycles.